The summed E-state index contributed by atoms with van der Waals surface area (Å²) in [6, 6.07) is 0. The number of ether oxygens (including phenoxy) is 4. The van der Waals surface area contributed by atoms with Gasteiger partial charge in [0, 0.05) is 26.1 Å². The summed E-state index contributed by atoms with van der Waals surface area (Å²) in [7, 11) is 0. The lowest BCUT2D eigenvalue weighted by atomic mass is 9.80. The number of allylic oxidation sites excluding steroid dienone is 1. The third-order valence-electron chi connectivity index (χ3n) is 3.05. The second kappa shape index (κ2) is 11.6. The lowest BCUT2D eigenvalue weighted by molar-refractivity contribution is -0.190. The van der Waals surface area contributed by atoms with Crippen molar-refractivity contribution in [1.29, 1.82) is 0 Å². The maximum absolute atomic E-state index is 12.6. The van der Waals surface area contributed by atoms with Gasteiger partial charge < -0.3 is 18.9 Å². The first-order valence-electron chi connectivity index (χ1n) is 7.78. The lowest BCUT2D eigenvalue weighted by Crippen LogP contribution is -2.45. The van der Waals surface area contributed by atoms with Crippen molar-refractivity contribution in [3.05, 3.63) is 11.1 Å². The third kappa shape index (κ3) is 7.01. The molecule has 0 bridgehead atoms. The average Bonchev–Trinajstić information content (AvgIpc) is 2.46. The van der Waals surface area contributed by atoms with Crippen LogP contribution in [0.2, 0.25) is 0 Å². The van der Waals surface area contributed by atoms with Crippen LogP contribution in [0.3, 0.4) is 0 Å². The van der Waals surface area contributed by atoms with Crippen molar-refractivity contribution >= 4 is 27.9 Å². The zero-order chi connectivity index (χ0) is 17.9. The number of hydrogen-bond acceptors (Lipinski definition) is 6. The van der Waals surface area contributed by atoms with Crippen LogP contribution < -0.4 is 0 Å². The first-order valence-corrected chi connectivity index (χ1v) is 8.58. The summed E-state index contributed by atoms with van der Waals surface area (Å²) in [4.78, 5) is 25.1. The van der Waals surface area contributed by atoms with Gasteiger partial charge >= 0.3 is 11.9 Å². The van der Waals surface area contributed by atoms with E-state index in [1.807, 2.05) is 13.8 Å². The Kier molecular flexibility index (Phi) is 11.1. The van der Waals surface area contributed by atoms with E-state index < -0.39 is 23.6 Å². The highest BCUT2D eigenvalue weighted by Gasteiger charge is 2.51. The van der Waals surface area contributed by atoms with Gasteiger partial charge in [-0.05, 0) is 32.2 Å². The molecule has 0 saturated heterocycles. The summed E-state index contributed by atoms with van der Waals surface area (Å²) in [6.45, 7) is 11.8. The van der Waals surface area contributed by atoms with Gasteiger partial charge in [0.1, 0.15) is 0 Å². The Morgan fingerprint density at radius 1 is 0.957 bits per heavy atom. The highest BCUT2D eigenvalue weighted by molar-refractivity contribution is 9.11. The molecular formula is C16H27BrO6. The van der Waals surface area contributed by atoms with Crippen LogP contribution in [-0.4, -0.2) is 44.7 Å². The second-order valence-electron chi connectivity index (χ2n) is 4.76. The first-order chi connectivity index (χ1) is 10.9. The zero-order valence-electron chi connectivity index (χ0n) is 14.4. The van der Waals surface area contributed by atoms with Crippen LogP contribution in [-0.2, 0) is 28.5 Å². The molecule has 0 rings (SSSR count). The normalized spacial score (nSPS) is 11.4. The fraction of sp³-hybridized carbons (Fsp3) is 0.750. The highest BCUT2D eigenvalue weighted by atomic mass is 79.9. The second-order valence-corrected chi connectivity index (χ2v) is 5.88. The Bertz CT molecular complexity index is 372. The molecule has 0 fully saturated rings. The van der Waals surface area contributed by atoms with Crippen LogP contribution in [0.4, 0.5) is 0 Å². The molecule has 0 N–H and O–H groups in total. The van der Waals surface area contributed by atoms with E-state index >= 15 is 0 Å². The van der Waals surface area contributed by atoms with Crippen LogP contribution in [0.15, 0.2) is 11.1 Å². The molecule has 0 aromatic carbocycles. The van der Waals surface area contributed by atoms with Crippen molar-refractivity contribution in [2.24, 2.45) is 5.41 Å². The van der Waals surface area contributed by atoms with E-state index in [-0.39, 0.29) is 26.1 Å². The monoisotopic (exact) mass is 394 g/mol. The summed E-state index contributed by atoms with van der Waals surface area (Å²) in [5, 5.41) is 0. The fourth-order valence-corrected chi connectivity index (χ4v) is 2.63. The van der Waals surface area contributed by atoms with Crippen LogP contribution in [0.1, 0.15) is 40.5 Å². The van der Waals surface area contributed by atoms with Gasteiger partial charge in [-0.25, -0.2) is 0 Å². The van der Waals surface area contributed by atoms with E-state index in [4.69, 9.17) is 18.9 Å². The van der Waals surface area contributed by atoms with E-state index in [9.17, 15) is 9.59 Å². The molecule has 0 spiro atoms. The van der Waals surface area contributed by atoms with Crippen molar-refractivity contribution in [1.82, 2.24) is 0 Å². The minimum atomic E-state index is -1.55. The molecule has 134 valence electrons. The summed E-state index contributed by atoms with van der Waals surface area (Å²) < 4.78 is 21.7. The molecule has 0 saturated carbocycles. The highest BCUT2D eigenvalue weighted by Crippen LogP contribution is 2.37. The van der Waals surface area contributed by atoms with Crippen LogP contribution in [0.25, 0.3) is 0 Å². The molecular weight excluding hydrogens is 368 g/mol. The molecule has 0 aromatic rings. The SMILES string of the molecule is C=C(Br)CC(CC(OCC)OCC)(C(=O)OCC)C(=O)OCC. The van der Waals surface area contributed by atoms with Gasteiger partial charge in [0.05, 0.1) is 13.2 Å². The van der Waals surface area contributed by atoms with Gasteiger partial charge in [-0.2, -0.15) is 0 Å². The molecule has 0 amide bonds. The maximum atomic E-state index is 12.6. The topological polar surface area (TPSA) is 71.1 Å². The molecule has 7 heteroatoms. The summed E-state index contributed by atoms with van der Waals surface area (Å²) in [5.74, 6) is -1.33. The minimum absolute atomic E-state index is 0.00301. The van der Waals surface area contributed by atoms with E-state index in [0.29, 0.717) is 17.7 Å². The molecule has 0 aliphatic carbocycles. The Morgan fingerprint density at radius 3 is 1.70 bits per heavy atom. The Balaban J connectivity index is 5.69. The Labute approximate surface area is 146 Å². The largest absolute Gasteiger partial charge is 0.465 e. The molecule has 6 nitrogen and oxygen atoms in total. The van der Waals surface area contributed by atoms with Gasteiger partial charge in [-0.1, -0.05) is 22.5 Å². The molecule has 0 radical (unpaired) electrons. The number of hydrogen-bond donors (Lipinski definition) is 0. The molecule has 0 atom stereocenters. The van der Waals surface area contributed by atoms with Crippen molar-refractivity contribution in [2.45, 2.75) is 46.8 Å². The number of halogens is 1. The molecule has 0 unspecified atom stereocenters. The van der Waals surface area contributed by atoms with Gasteiger partial charge in [-0.15, -0.1) is 0 Å². The molecule has 23 heavy (non-hydrogen) atoms. The van der Waals surface area contributed by atoms with Crippen molar-refractivity contribution in [2.75, 3.05) is 26.4 Å². The zero-order valence-corrected chi connectivity index (χ0v) is 15.9. The summed E-state index contributed by atoms with van der Waals surface area (Å²) in [5.41, 5.74) is -1.55. The minimum Gasteiger partial charge on any atom is -0.465 e. The predicted octanol–water partition coefficient (Wildman–Crippen LogP) is 3.19. The van der Waals surface area contributed by atoms with Gasteiger partial charge in [-0.3, -0.25) is 9.59 Å². The Hall–Kier alpha value is -0.920. The van der Waals surface area contributed by atoms with Crippen molar-refractivity contribution in [3.63, 3.8) is 0 Å². The van der Waals surface area contributed by atoms with Crippen LogP contribution in [0.5, 0.6) is 0 Å². The first kappa shape index (κ1) is 22.1. The molecule has 0 aliphatic rings. The number of esters is 2. The standard InChI is InChI=1S/C16H27BrO6/c1-6-20-13(21-7-2)11-16(10-12(5)17,14(18)22-8-3)15(19)23-9-4/h13H,5-11H2,1-4H3. The lowest BCUT2D eigenvalue weighted by Gasteiger charge is -2.32. The fourth-order valence-electron chi connectivity index (χ4n) is 2.15. The summed E-state index contributed by atoms with van der Waals surface area (Å²) >= 11 is 3.23. The van der Waals surface area contributed by atoms with E-state index in [2.05, 4.69) is 22.5 Å². The third-order valence-corrected chi connectivity index (χ3v) is 3.33. The molecule has 0 aromatic heterocycles. The van der Waals surface area contributed by atoms with Crippen LogP contribution in [0, 0.1) is 5.41 Å². The van der Waals surface area contributed by atoms with Gasteiger partial charge in [0.2, 0.25) is 0 Å². The quantitative estimate of drug-likeness (QED) is 0.287. The predicted molar refractivity (Wildman–Crippen MR) is 90.0 cm³/mol. The van der Waals surface area contributed by atoms with Crippen LogP contribution >= 0.6 is 15.9 Å². The van der Waals surface area contributed by atoms with Crippen molar-refractivity contribution in [3.8, 4) is 0 Å². The molecule has 0 aliphatic heterocycles. The average molecular weight is 395 g/mol. The van der Waals surface area contributed by atoms with Gasteiger partial charge in [0.15, 0.2) is 11.7 Å². The van der Waals surface area contributed by atoms with Gasteiger partial charge in [0.25, 0.3) is 0 Å². The molecule has 0 heterocycles. The smallest absolute Gasteiger partial charge is 0.324 e. The number of carbonyl (C=O) groups is 2. The van der Waals surface area contributed by atoms with E-state index in [1.54, 1.807) is 13.8 Å². The summed E-state index contributed by atoms with van der Waals surface area (Å²) in [6.07, 6.45) is -0.677. The van der Waals surface area contributed by atoms with E-state index in [0.717, 1.165) is 0 Å². The van der Waals surface area contributed by atoms with Crippen molar-refractivity contribution < 1.29 is 28.5 Å². The maximum Gasteiger partial charge on any atom is 0.324 e. The Morgan fingerprint density at radius 2 is 1.39 bits per heavy atom. The van der Waals surface area contributed by atoms with E-state index in [1.165, 1.54) is 0 Å². The number of carbonyl (C=O) groups excluding carboxylic acids is 2. The number of rotatable bonds is 12.